The van der Waals surface area contributed by atoms with Crippen molar-refractivity contribution in [2.75, 3.05) is 20.2 Å². The molecule has 2 aromatic carbocycles. The van der Waals surface area contributed by atoms with E-state index in [0.717, 1.165) is 12.0 Å². The number of hydrogen-bond donors (Lipinski definition) is 4. The van der Waals surface area contributed by atoms with Gasteiger partial charge in [-0.05, 0) is 18.6 Å². The number of carboxylic acid groups (broad SMARTS) is 1. The Bertz CT molecular complexity index is 2090. The second-order valence-electron chi connectivity index (χ2n) is 11.5. The van der Waals surface area contributed by atoms with Crippen LogP contribution >= 0.6 is 23.2 Å². The van der Waals surface area contributed by atoms with Gasteiger partial charge in [0.15, 0.2) is 0 Å². The van der Waals surface area contributed by atoms with Crippen molar-refractivity contribution in [1.29, 1.82) is 0 Å². The maximum atomic E-state index is 13.1. The number of carboxylic acids is 1. The SMILES string of the molecule is COc1nc(-c2cccc(-c3cccc(-c4cc5c(=O)n(C)c(CNCC(=O)O)nn5c4)c3Cl)c2Cl)ccc1CNC[C@H]1CCC(=O)N1. The second kappa shape index (κ2) is 14.2. The fourth-order valence-corrected chi connectivity index (χ4v) is 6.46. The largest absolute Gasteiger partial charge is 0.481 e. The number of carbonyl (C=O) groups excluding carboxylic acids is 1. The average molecular weight is 691 g/mol. The summed E-state index contributed by atoms with van der Waals surface area (Å²) in [5.74, 6) is -0.0683. The zero-order valence-corrected chi connectivity index (χ0v) is 27.7. The Hall–Kier alpha value is -4.75. The molecule has 248 valence electrons. The molecule has 0 spiro atoms. The number of nitrogens with one attached hydrogen (secondary N) is 3. The summed E-state index contributed by atoms with van der Waals surface area (Å²) >= 11 is 14.1. The molecule has 14 heteroatoms. The van der Waals surface area contributed by atoms with E-state index in [2.05, 4.69) is 21.0 Å². The summed E-state index contributed by atoms with van der Waals surface area (Å²) in [6.07, 6.45) is 3.09. The minimum absolute atomic E-state index is 0.0832. The number of ether oxygens (including phenoxy) is 1. The van der Waals surface area contributed by atoms with Gasteiger partial charge in [0, 0.05) is 72.2 Å². The number of aliphatic carboxylic acids is 1. The first kappa shape index (κ1) is 33.2. The van der Waals surface area contributed by atoms with Gasteiger partial charge in [0.2, 0.25) is 11.8 Å². The van der Waals surface area contributed by atoms with E-state index in [0.29, 0.717) is 80.3 Å². The van der Waals surface area contributed by atoms with Crippen LogP contribution in [0, 0.1) is 0 Å². The molecule has 5 aromatic rings. The van der Waals surface area contributed by atoms with Crippen molar-refractivity contribution in [1.82, 2.24) is 35.1 Å². The zero-order valence-electron chi connectivity index (χ0n) is 26.2. The van der Waals surface area contributed by atoms with Crippen molar-refractivity contribution >= 4 is 40.6 Å². The Kier molecular flexibility index (Phi) is 9.78. The number of aromatic nitrogens is 4. The Balaban J connectivity index is 1.28. The van der Waals surface area contributed by atoms with Crippen molar-refractivity contribution in [3.05, 3.63) is 92.6 Å². The third-order valence-corrected chi connectivity index (χ3v) is 9.11. The lowest BCUT2D eigenvalue weighted by molar-refractivity contribution is -0.136. The number of carbonyl (C=O) groups is 2. The fraction of sp³-hybridized carbons (Fsp3) is 0.265. The summed E-state index contributed by atoms with van der Waals surface area (Å²) in [6, 6.07) is 17.0. The smallest absolute Gasteiger partial charge is 0.317 e. The van der Waals surface area contributed by atoms with Crippen molar-refractivity contribution in [3.63, 3.8) is 0 Å². The first-order chi connectivity index (χ1) is 23.1. The number of benzene rings is 2. The van der Waals surface area contributed by atoms with Gasteiger partial charge in [-0.1, -0.05) is 65.7 Å². The molecule has 1 fully saturated rings. The first-order valence-electron chi connectivity index (χ1n) is 15.3. The van der Waals surface area contributed by atoms with Crippen molar-refractivity contribution in [3.8, 4) is 39.4 Å². The summed E-state index contributed by atoms with van der Waals surface area (Å²) in [4.78, 5) is 40.3. The molecule has 1 atom stereocenters. The number of halogens is 2. The maximum Gasteiger partial charge on any atom is 0.317 e. The molecule has 0 radical (unpaired) electrons. The molecule has 12 nitrogen and oxygen atoms in total. The molecular formula is C34H33Cl2N7O5. The molecule has 1 aliphatic heterocycles. The summed E-state index contributed by atoms with van der Waals surface area (Å²) in [7, 11) is 3.17. The number of methoxy groups -OCH3 is 1. The monoisotopic (exact) mass is 689 g/mol. The Morgan fingerprint density at radius 3 is 2.42 bits per heavy atom. The van der Waals surface area contributed by atoms with E-state index in [9.17, 15) is 14.4 Å². The van der Waals surface area contributed by atoms with Gasteiger partial charge in [0.05, 0.1) is 35.9 Å². The van der Waals surface area contributed by atoms with E-state index < -0.39 is 5.97 Å². The molecule has 0 bridgehead atoms. The van der Waals surface area contributed by atoms with Gasteiger partial charge < -0.3 is 20.5 Å². The van der Waals surface area contributed by atoms with Crippen LogP contribution in [0.25, 0.3) is 39.0 Å². The van der Waals surface area contributed by atoms with Crippen LogP contribution in [0.1, 0.15) is 24.2 Å². The number of nitrogens with zero attached hydrogens (tertiary/aromatic N) is 4. The fourth-order valence-electron chi connectivity index (χ4n) is 5.80. The van der Waals surface area contributed by atoms with E-state index in [-0.39, 0.29) is 30.6 Å². The maximum absolute atomic E-state index is 13.1. The Morgan fingerprint density at radius 1 is 1.02 bits per heavy atom. The van der Waals surface area contributed by atoms with Gasteiger partial charge >= 0.3 is 5.97 Å². The second-order valence-corrected chi connectivity index (χ2v) is 12.2. The third-order valence-electron chi connectivity index (χ3n) is 8.29. The van der Waals surface area contributed by atoms with E-state index in [1.807, 2.05) is 48.5 Å². The van der Waals surface area contributed by atoms with Gasteiger partial charge in [0.25, 0.3) is 5.56 Å². The normalized spacial score (nSPS) is 14.4. The number of pyridine rings is 1. The van der Waals surface area contributed by atoms with Crippen LogP contribution in [-0.4, -0.2) is 62.4 Å². The zero-order chi connectivity index (χ0) is 33.9. The number of hydrogen-bond acceptors (Lipinski definition) is 8. The molecule has 1 aliphatic rings. The van der Waals surface area contributed by atoms with Crippen LogP contribution in [0.3, 0.4) is 0 Å². The molecule has 4 N–H and O–H groups in total. The Morgan fingerprint density at radius 2 is 1.73 bits per heavy atom. The van der Waals surface area contributed by atoms with Crippen LogP contribution in [0.15, 0.2) is 65.6 Å². The highest BCUT2D eigenvalue weighted by Gasteiger charge is 2.21. The molecule has 0 unspecified atom stereocenters. The lowest BCUT2D eigenvalue weighted by Gasteiger charge is -2.15. The summed E-state index contributed by atoms with van der Waals surface area (Å²) in [5, 5.41) is 23.5. The van der Waals surface area contributed by atoms with Gasteiger partial charge in [-0.15, -0.1) is 0 Å². The van der Waals surface area contributed by atoms with E-state index in [1.54, 1.807) is 26.4 Å². The Labute approximate surface area is 285 Å². The third kappa shape index (κ3) is 6.78. The van der Waals surface area contributed by atoms with Gasteiger partial charge in [-0.2, -0.15) is 5.10 Å². The van der Waals surface area contributed by atoms with Gasteiger partial charge in [-0.25, -0.2) is 9.50 Å². The van der Waals surface area contributed by atoms with Gasteiger partial charge in [-0.3, -0.25) is 24.3 Å². The van der Waals surface area contributed by atoms with Crippen molar-refractivity contribution < 1.29 is 19.4 Å². The lowest BCUT2D eigenvalue weighted by Crippen LogP contribution is -2.35. The minimum Gasteiger partial charge on any atom is -0.481 e. The van der Waals surface area contributed by atoms with Crippen molar-refractivity contribution in [2.24, 2.45) is 7.05 Å². The van der Waals surface area contributed by atoms with Crippen LogP contribution in [0.2, 0.25) is 10.0 Å². The summed E-state index contributed by atoms with van der Waals surface area (Å²) < 4.78 is 8.49. The molecule has 0 aliphatic carbocycles. The number of amides is 1. The molecular weight excluding hydrogens is 657 g/mol. The number of fused-ring (bicyclic) bond motifs is 1. The lowest BCUT2D eigenvalue weighted by atomic mass is 9.97. The van der Waals surface area contributed by atoms with Crippen LogP contribution < -0.4 is 26.2 Å². The molecule has 3 aromatic heterocycles. The van der Waals surface area contributed by atoms with E-state index in [1.165, 1.54) is 9.08 Å². The van der Waals surface area contributed by atoms with Crippen LogP contribution in [0.4, 0.5) is 0 Å². The topological polar surface area (TPSA) is 152 Å². The molecule has 6 rings (SSSR count). The van der Waals surface area contributed by atoms with E-state index >= 15 is 0 Å². The highest BCUT2D eigenvalue weighted by atomic mass is 35.5. The predicted octanol–water partition coefficient (Wildman–Crippen LogP) is 4.29. The highest BCUT2D eigenvalue weighted by molar-refractivity contribution is 6.39. The van der Waals surface area contributed by atoms with Crippen molar-refractivity contribution in [2.45, 2.75) is 32.0 Å². The minimum atomic E-state index is -1.00. The van der Waals surface area contributed by atoms with E-state index in [4.69, 9.17) is 38.0 Å². The molecule has 48 heavy (non-hydrogen) atoms. The molecule has 4 heterocycles. The number of rotatable bonds is 12. The molecule has 0 saturated carbocycles. The summed E-state index contributed by atoms with van der Waals surface area (Å²) in [6.45, 7) is 1.03. The standard InChI is InChI=1S/C34H33Cl2N7O5/c1-42-28(16-38-17-30(45)46)41-43-18-20(13-27(43)34(42)47)22-5-3-6-23(31(22)35)24-7-4-8-25(32(24)36)26-11-9-19(33(40-26)48-2)14-37-15-21-10-12-29(44)39-21/h3-9,11,13,18,21,37-38H,10,12,14-17H2,1-2H3,(H,39,44)(H,45,46)/t21-/m1/s1. The highest BCUT2D eigenvalue weighted by Crippen LogP contribution is 2.42. The average Bonchev–Trinajstić information content (AvgIpc) is 3.69. The predicted molar refractivity (Wildman–Crippen MR) is 183 cm³/mol. The van der Waals surface area contributed by atoms with Crippen LogP contribution in [0.5, 0.6) is 5.88 Å². The molecule has 1 saturated heterocycles. The first-order valence-corrected chi connectivity index (χ1v) is 16.0. The van der Waals surface area contributed by atoms with Gasteiger partial charge in [0.1, 0.15) is 11.3 Å². The summed E-state index contributed by atoms with van der Waals surface area (Å²) in [5.41, 5.74) is 5.04. The van der Waals surface area contributed by atoms with Crippen LogP contribution in [-0.2, 0) is 29.7 Å². The molecule has 1 amide bonds. The quantitative estimate of drug-likeness (QED) is 0.150.